The number of aliphatic hydroxyl groups excluding tert-OH is 2. The maximum Gasteiger partial charge on any atom is 0.238 e. The second-order valence-electron chi connectivity index (χ2n) is 7.94. The van der Waals surface area contributed by atoms with Crippen LogP contribution in [0.15, 0.2) is 24.3 Å². The van der Waals surface area contributed by atoms with E-state index in [-0.39, 0.29) is 48.1 Å². The largest absolute Gasteiger partial charge is 0.394 e. The van der Waals surface area contributed by atoms with Crippen molar-refractivity contribution >= 4 is 15.7 Å². The van der Waals surface area contributed by atoms with Crippen molar-refractivity contribution in [2.45, 2.75) is 50.4 Å². The number of aliphatic hydroxyl groups is 2. The van der Waals surface area contributed by atoms with Crippen molar-refractivity contribution in [3.63, 3.8) is 0 Å². The molecule has 1 aliphatic carbocycles. The van der Waals surface area contributed by atoms with Gasteiger partial charge < -0.3 is 10.2 Å². The molecule has 0 aliphatic heterocycles. The van der Waals surface area contributed by atoms with Gasteiger partial charge in [0, 0.05) is 12.0 Å². The van der Waals surface area contributed by atoms with E-state index in [2.05, 4.69) is 4.72 Å². The third-order valence-corrected chi connectivity index (χ3v) is 7.71. The number of benzene rings is 2. The summed E-state index contributed by atoms with van der Waals surface area (Å²) >= 11 is 0. The summed E-state index contributed by atoms with van der Waals surface area (Å²) in [4.78, 5) is 0. The zero-order valence-corrected chi connectivity index (χ0v) is 17.5. The lowest BCUT2D eigenvalue weighted by atomic mass is 9.98. The van der Waals surface area contributed by atoms with Crippen LogP contribution in [0, 0.1) is 31.3 Å². The first-order valence-corrected chi connectivity index (χ1v) is 11.0. The van der Waals surface area contributed by atoms with Gasteiger partial charge in [-0.05, 0) is 61.9 Å². The summed E-state index contributed by atoms with van der Waals surface area (Å²) in [7, 11) is -4.09. The van der Waals surface area contributed by atoms with Crippen molar-refractivity contribution in [1.82, 2.24) is 0 Å². The fourth-order valence-corrected chi connectivity index (χ4v) is 5.39. The molecule has 0 unspecified atom stereocenters. The Balaban J connectivity index is 2.02. The summed E-state index contributed by atoms with van der Waals surface area (Å²) < 4.78 is 70.2. The predicted molar refractivity (Wildman–Crippen MR) is 107 cm³/mol. The molecule has 3 rings (SSSR count). The maximum absolute atomic E-state index is 14.7. The molecule has 1 fully saturated rings. The molecule has 0 bridgehead atoms. The lowest BCUT2D eigenvalue weighted by Gasteiger charge is -2.23. The first-order chi connectivity index (χ1) is 14.0. The molecule has 30 heavy (non-hydrogen) atoms. The van der Waals surface area contributed by atoms with E-state index in [1.54, 1.807) is 13.0 Å². The summed E-state index contributed by atoms with van der Waals surface area (Å²) in [6.07, 6.45) is -1.20. The monoisotopic (exact) mass is 443 g/mol. The smallest absolute Gasteiger partial charge is 0.238 e. The minimum Gasteiger partial charge on any atom is -0.394 e. The molecule has 9 heteroatoms. The molecule has 5 nitrogen and oxygen atoms in total. The van der Waals surface area contributed by atoms with E-state index in [1.807, 2.05) is 0 Å². The number of aryl methyl sites for hydroxylation is 2. The fraction of sp³-hybridized carbons (Fsp3) is 0.429. The SMILES string of the molecule is Cc1ccc(Cc2c(F)c(F)cc(C)c2NS(=O)(=O)C2(C[C@@H](O)CO)CC2)c(F)c1. The van der Waals surface area contributed by atoms with Gasteiger partial charge >= 0.3 is 0 Å². The lowest BCUT2D eigenvalue weighted by molar-refractivity contribution is 0.0858. The van der Waals surface area contributed by atoms with Crippen molar-refractivity contribution in [2.24, 2.45) is 0 Å². The highest BCUT2D eigenvalue weighted by atomic mass is 32.2. The van der Waals surface area contributed by atoms with Gasteiger partial charge in [0.25, 0.3) is 0 Å². The van der Waals surface area contributed by atoms with Gasteiger partial charge in [-0.1, -0.05) is 12.1 Å². The minimum absolute atomic E-state index is 0.0989. The lowest BCUT2D eigenvalue weighted by Crippen LogP contribution is -2.35. The van der Waals surface area contributed by atoms with Crippen molar-refractivity contribution in [3.8, 4) is 0 Å². The second kappa shape index (κ2) is 8.20. The Labute approximate surface area is 173 Å². The van der Waals surface area contributed by atoms with Crippen molar-refractivity contribution in [1.29, 1.82) is 0 Å². The number of sulfonamides is 1. The molecule has 3 N–H and O–H groups in total. The summed E-state index contributed by atoms with van der Waals surface area (Å²) in [6.45, 7) is 2.53. The van der Waals surface area contributed by atoms with E-state index in [1.165, 1.54) is 19.1 Å². The molecule has 0 spiro atoms. The zero-order chi connectivity index (χ0) is 22.3. The van der Waals surface area contributed by atoms with E-state index in [4.69, 9.17) is 5.11 Å². The zero-order valence-electron chi connectivity index (χ0n) is 16.7. The van der Waals surface area contributed by atoms with Crippen LogP contribution >= 0.6 is 0 Å². The molecule has 0 amide bonds. The molecule has 1 aliphatic rings. The molecular weight excluding hydrogens is 419 g/mol. The van der Waals surface area contributed by atoms with E-state index >= 15 is 0 Å². The van der Waals surface area contributed by atoms with Gasteiger partial charge in [0.15, 0.2) is 11.6 Å². The molecule has 0 heterocycles. The molecule has 164 valence electrons. The Morgan fingerprint density at radius 3 is 2.37 bits per heavy atom. The third kappa shape index (κ3) is 4.33. The maximum atomic E-state index is 14.7. The minimum atomic E-state index is -4.09. The number of hydrogen-bond donors (Lipinski definition) is 3. The Kier molecular flexibility index (Phi) is 6.18. The Hall–Kier alpha value is -2.10. The number of nitrogens with one attached hydrogen (secondary N) is 1. The molecule has 0 radical (unpaired) electrons. The average Bonchev–Trinajstić information content (AvgIpc) is 3.45. The van der Waals surface area contributed by atoms with Crippen LogP contribution in [0.5, 0.6) is 0 Å². The normalized spacial score (nSPS) is 16.4. The first-order valence-electron chi connectivity index (χ1n) is 9.53. The number of rotatable bonds is 8. The van der Waals surface area contributed by atoms with Crippen molar-refractivity contribution < 1.29 is 31.8 Å². The molecular formula is C21H24F3NO4S. The standard InChI is InChI=1S/C21H24F3NO4S/c1-12-3-4-14(17(22)7-12)9-16-19(24)18(23)8-13(2)20(16)25-30(28,29)21(5-6-21)10-15(27)11-26/h3-4,7-8,15,25-27H,5-6,9-11H2,1-2H3/t15-/m1/s1. The highest BCUT2D eigenvalue weighted by Crippen LogP contribution is 2.48. The summed E-state index contributed by atoms with van der Waals surface area (Å²) in [5, 5.41) is 18.8. The number of halogens is 3. The van der Waals surface area contributed by atoms with E-state index in [0.29, 0.717) is 5.56 Å². The van der Waals surface area contributed by atoms with Crippen LogP contribution in [0.2, 0.25) is 0 Å². The highest BCUT2D eigenvalue weighted by molar-refractivity contribution is 7.94. The Morgan fingerprint density at radius 2 is 1.80 bits per heavy atom. The summed E-state index contributed by atoms with van der Waals surface area (Å²) in [6, 6.07) is 5.22. The van der Waals surface area contributed by atoms with Gasteiger partial charge in [-0.3, -0.25) is 4.72 Å². The average molecular weight is 443 g/mol. The van der Waals surface area contributed by atoms with Crippen molar-refractivity contribution in [3.05, 3.63) is 64.0 Å². The molecule has 2 aromatic carbocycles. The predicted octanol–water partition coefficient (Wildman–Crippen LogP) is 3.33. The van der Waals surface area contributed by atoms with E-state index in [0.717, 1.165) is 6.07 Å². The van der Waals surface area contributed by atoms with Crippen LogP contribution in [0.25, 0.3) is 0 Å². The molecule has 1 atom stereocenters. The fourth-order valence-electron chi connectivity index (χ4n) is 3.57. The van der Waals surface area contributed by atoms with E-state index in [9.17, 15) is 26.7 Å². The number of anilines is 1. The first kappa shape index (κ1) is 22.6. The quantitative estimate of drug-likeness (QED) is 0.584. The van der Waals surface area contributed by atoms with Crippen LogP contribution in [0.3, 0.4) is 0 Å². The topological polar surface area (TPSA) is 86.6 Å². The second-order valence-corrected chi connectivity index (χ2v) is 10.0. The number of hydrogen-bond acceptors (Lipinski definition) is 4. The van der Waals surface area contributed by atoms with Gasteiger partial charge in [-0.2, -0.15) is 0 Å². The molecule has 2 aromatic rings. The summed E-state index contributed by atoms with van der Waals surface area (Å²) in [5.41, 5.74) is 0.474. The van der Waals surface area contributed by atoms with Crippen LogP contribution in [-0.4, -0.2) is 36.1 Å². The molecule has 0 aromatic heterocycles. The third-order valence-electron chi connectivity index (χ3n) is 5.52. The van der Waals surface area contributed by atoms with Gasteiger partial charge in [0.1, 0.15) is 5.82 Å². The van der Waals surface area contributed by atoms with Gasteiger partial charge in [-0.25, -0.2) is 21.6 Å². The van der Waals surface area contributed by atoms with Gasteiger partial charge in [0.05, 0.1) is 23.1 Å². The van der Waals surface area contributed by atoms with E-state index < -0.39 is 44.9 Å². The van der Waals surface area contributed by atoms with Gasteiger partial charge in [-0.15, -0.1) is 0 Å². The molecule has 1 saturated carbocycles. The Morgan fingerprint density at radius 1 is 1.13 bits per heavy atom. The molecule has 0 saturated heterocycles. The summed E-state index contributed by atoms with van der Waals surface area (Å²) in [5.74, 6) is -3.01. The van der Waals surface area contributed by atoms with Crippen LogP contribution in [0.4, 0.5) is 18.9 Å². The Bertz CT molecular complexity index is 1070. The van der Waals surface area contributed by atoms with Crippen LogP contribution in [0.1, 0.15) is 41.5 Å². The van der Waals surface area contributed by atoms with Crippen molar-refractivity contribution in [2.75, 3.05) is 11.3 Å². The van der Waals surface area contributed by atoms with Crippen LogP contribution in [-0.2, 0) is 16.4 Å². The van der Waals surface area contributed by atoms with Crippen LogP contribution < -0.4 is 4.72 Å². The highest BCUT2D eigenvalue weighted by Gasteiger charge is 2.55. The van der Waals surface area contributed by atoms with Gasteiger partial charge in [0.2, 0.25) is 10.0 Å².